The van der Waals surface area contributed by atoms with E-state index in [1.54, 1.807) is 20.8 Å². The molecule has 0 atom stereocenters. The summed E-state index contributed by atoms with van der Waals surface area (Å²) < 4.78 is 48.6. The summed E-state index contributed by atoms with van der Waals surface area (Å²) in [5.41, 5.74) is 0.177. The summed E-state index contributed by atoms with van der Waals surface area (Å²) in [4.78, 5) is 15.8. The molecule has 0 aliphatic rings. The van der Waals surface area contributed by atoms with Crippen LogP contribution in [0.15, 0.2) is 22.3 Å². The van der Waals surface area contributed by atoms with Gasteiger partial charge in [-0.25, -0.2) is 9.78 Å². The molecule has 1 aromatic heterocycles. The first-order valence-corrected chi connectivity index (χ1v) is 7.94. The molecule has 0 spiro atoms. The molecular weight excluding hydrogens is 369 g/mol. The van der Waals surface area contributed by atoms with Crippen LogP contribution >= 0.6 is 0 Å². The topological polar surface area (TPSA) is 105 Å². The standard InChI is InChI=1S/C16H21F3N4O4/c1-5-27-15(24)13(21-22-14(23-25)9(2)3)10-6-7-12(16(17,18)19)20-11(10)8-26-4/h6-7,9,25H,5,8H2,1-4H3,(H,22,23). The van der Waals surface area contributed by atoms with Gasteiger partial charge < -0.3 is 9.47 Å². The van der Waals surface area contributed by atoms with Crippen molar-refractivity contribution in [2.45, 2.75) is 33.6 Å². The number of rotatable bonds is 7. The zero-order valence-corrected chi connectivity index (χ0v) is 15.3. The molecule has 0 saturated carbocycles. The van der Waals surface area contributed by atoms with Crippen LogP contribution in [-0.4, -0.2) is 41.4 Å². The van der Waals surface area contributed by atoms with Crippen molar-refractivity contribution in [1.29, 1.82) is 0 Å². The number of pyridine rings is 1. The lowest BCUT2D eigenvalue weighted by atomic mass is 10.1. The number of carbonyl (C=O) groups is 1. The second-order valence-corrected chi connectivity index (χ2v) is 5.54. The molecule has 0 aromatic carbocycles. The van der Waals surface area contributed by atoms with Gasteiger partial charge in [-0.1, -0.05) is 13.8 Å². The first-order chi connectivity index (χ1) is 12.6. The molecule has 0 fully saturated rings. The number of alkyl halides is 3. The summed E-state index contributed by atoms with van der Waals surface area (Å²) in [7, 11) is 1.28. The van der Waals surface area contributed by atoms with E-state index in [-0.39, 0.29) is 41.9 Å². The molecule has 1 rings (SSSR count). The molecule has 0 bridgehead atoms. The number of methoxy groups -OCH3 is 1. The quantitative estimate of drug-likeness (QED) is 0.321. The number of aromatic nitrogens is 1. The fourth-order valence-electron chi connectivity index (χ4n) is 1.90. The van der Waals surface area contributed by atoms with Crippen LogP contribution in [0.3, 0.4) is 0 Å². The molecule has 0 radical (unpaired) electrons. The Bertz CT molecular complexity index is 718. The van der Waals surface area contributed by atoms with Crippen molar-refractivity contribution in [2.75, 3.05) is 13.7 Å². The van der Waals surface area contributed by atoms with E-state index in [4.69, 9.17) is 14.7 Å². The second kappa shape index (κ2) is 9.97. The van der Waals surface area contributed by atoms with Gasteiger partial charge in [0.1, 0.15) is 5.69 Å². The number of esters is 1. The monoisotopic (exact) mass is 390 g/mol. The molecule has 0 saturated heterocycles. The SMILES string of the molecule is CCOC(=O)C(=N/N=C(\NO)C(C)C)c1ccc(C(F)(F)F)nc1COC. The number of hydroxylamine groups is 1. The van der Waals surface area contributed by atoms with E-state index < -0.39 is 17.8 Å². The Balaban J connectivity index is 3.55. The predicted molar refractivity (Wildman–Crippen MR) is 90.3 cm³/mol. The maximum Gasteiger partial charge on any atom is 0.433 e. The Kier molecular flexibility index (Phi) is 8.32. The van der Waals surface area contributed by atoms with E-state index in [9.17, 15) is 18.0 Å². The normalized spacial score (nSPS) is 13.1. The van der Waals surface area contributed by atoms with Crippen LogP contribution in [0.4, 0.5) is 13.2 Å². The van der Waals surface area contributed by atoms with Gasteiger partial charge in [0.15, 0.2) is 11.5 Å². The first kappa shape index (κ1) is 22.5. The van der Waals surface area contributed by atoms with Crippen molar-refractivity contribution in [3.63, 3.8) is 0 Å². The lowest BCUT2D eigenvalue weighted by Crippen LogP contribution is -2.26. The minimum Gasteiger partial charge on any atom is -0.461 e. The van der Waals surface area contributed by atoms with E-state index in [0.29, 0.717) is 0 Å². The third-order valence-corrected chi connectivity index (χ3v) is 3.19. The molecule has 0 amide bonds. The number of nitrogens with zero attached hydrogens (tertiary/aromatic N) is 3. The Hall–Kier alpha value is -2.53. The Morgan fingerprint density at radius 2 is 2.00 bits per heavy atom. The summed E-state index contributed by atoms with van der Waals surface area (Å²) in [5, 5.41) is 16.6. The second-order valence-electron chi connectivity index (χ2n) is 5.54. The van der Waals surface area contributed by atoms with E-state index in [0.717, 1.165) is 12.1 Å². The molecule has 1 heterocycles. The van der Waals surface area contributed by atoms with Gasteiger partial charge in [-0.2, -0.15) is 13.2 Å². The molecule has 8 nitrogen and oxygen atoms in total. The summed E-state index contributed by atoms with van der Waals surface area (Å²) in [6.07, 6.45) is -4.66. The van der Waals surface area contributed by atoms with Crippen LogP contribution in [0.1, 0.15) is 37.7 Å². The third kappa shape index (κ3) is 6.29. The van der Waals surface area contributed by atoms with E-state index >= 15 is 0 Å². The minimum absolute atomic E-state index is 0.0184. The van der Waals surface area contributed by atoms with E-state index in [1.165, 1.54) is 7.11 Å². The highest BCUT2D eigenvalue weighted by Gasteiger charge is 2.34. The molecule has 0 aliphatic heterocycles. The first-order valence-electron chi connectivity index (χ1n) is 7.94. The highest BCUT2D eigenvalue weighted by molar-refractivity contribution is 6.43. The predicted octanol–water partition coefficient (Wildman–Crippen LogP) is 2.55. The van der Waals surface area contributed by atoms with Crippen molar-refractivity contribution in [3.8, 4) is 0 Å². The fraction of sp³-hybridized carbons (Fsp3) is 0.500. The molecule has 0 aliphatic carbocycles. The Labute approximate surface area is 154 Å². The number of hydrogen-bond donors (Lipinski definition) is 2. The highest BCUT2D eigenvalue weighted by atomic mass is 19.4. The summed E-state index contributed by atoms with van der Waals surface area (Å²) in [6, 6.07) is 1.78. The fourth-order valence-corrected chi connectivity index (χ4v) is 1.90. The van der Waals surface area contributed by atoms with Crippen LogP contribution in [0, 0.1) is 5.92 Å². The van der Waals surface area contributed by atoms with E-state index in [2.05, 4.69) is 15.2 Å². The minimum atomic E-state index is -4.66. The van der Waals surface area contributed by atoms with Crippen LogP contribution in [-0.2, 0) is 27.1 Å². The van der Waals surface area contributed by atoms with Crippen molar-refractivity contribution in [1.82, 2.24) is 10.5 Å². The molecule has 11 heteroatoms. The Morgan fingerprint density at radius 1 is 1.33 bits per heavy atom. The molecular formula is C16H21F3N4O4. The smallest absolute Gasteiger partial charge is 0.433 e. The molecule has 0 unspecified atom stereocenters. The van der Waals surface area contributed by atoms with Crippen LogP contribution in [0.5, 0.6) is 0 Å². The average molecular weight is 390 g/mol. The number of ether oxygens (including phenoxy) is 2. The summed E-state index contributed by atoms with van der Waals surface area (Å²) >= 11 is 0. The van der Waals surface area contributed by atoms with Crippen molar-refractivity contribution >= 4 is 17.5 Å². The Morgan fingerprint density at radius 3 is 2.48 bits per heavy atom. The van der Waals surface area contributed by atoms with Crippen molar-refractivity contribution in [3.05, 3.63) is 29.1 Å². The van der Waals surface area contributed by atoms with Gasteiger partial charge in [0.2, 0.25) is 0 Å². The van der Waals surface area contributed by atoms with Gasteiger partial charge in [0.25, 0.3) is 0 Å². The third-order valence-electron chi connectivity index (χ3n) is 3.19. The number of hydrogen-bond acceptors (Lipinski definition) is 7. The average Bonchev–Trinajstić information content (AvgIpc) is 2.58. The van der Waals surface area contributed by atoms with Gasteiger partial charge >= 0.3 is 12.1 Å². The number of carbonyl (C=O) groups excluding carboxylic acids is 1. The van der Waals surface area contributed by atoms with Crippen molar-refractivity contribution < 1.29 is 32.6 Å². The largest absolute Gasteiger partial charge is 0.461 e. The van der Waals surface area contributed by atoms with Crippen molar-refractivity contribution in [2.24, 2.45) is 16.1 Å². The maximum atomic E-state index is 12.9. The summed E-state index contributed by atoms with van der Waals surface area (Å²) in [5.74, 6) is -1.11. The van der Waals surface area contributed by atoms with Crippen LogP contribution < -0.4 is 5.48 Å². The lowest BCUT2D eigenvalue weighted by molar-refractivity contribution is -0.141. The van der Waals surface area contributed by atoms with Crippen LogP contribution in [0.25, 0.3) is 0 Å². The molecule has 2 N–H and O–H groups in total. The van der Waals surface area contributed by atoms with Gasteiger partial charge in [-0.3, -0.25) is 10.7 Å². The summed E-state index contributed by atoms with van der Waals surface area (Å²) in [6.45, 7) is 4.70. The van der Waals surface area contributed by atoms with Gasteiger partial charge in [-0.15, -0.1) is 10.2 Å². The zero-order valence-electron chi connectivity index (χ0n) is 15.3. The van der Waals surface area contributed by atoms with Gasteiger partial charge in [-0.05, 0) is 19.1 Å². The molecule has 27 heavy (non-hydrogen) atoms. The molecule has 1 aromatic rings. The van der Waals surface area contributed by atoms with Gasteiger partial charge in [0.05, 0.1) is 18.9 Å². The number of halogens is 3. The number of amidine groups is 1. The van der Waals surface area contributed by atoms with Gasteiger partial charge in [0, 0.05) is 18.6 Å². The molecule has 150 valence electrons. The van der Waals surface area contributed by atoms with E-state index in [1.807, 2.05) is 5.48 Å². The maximum absolute atomic E-state index is 12.9. The highest BCUT2D eigenvalue weighted by Crippen LogP contribution is 2.28. The van der Waals surface area contributed by atoms with Crippen LogP contribution in [0.2, 0.25) is 0 Å². The number of nitrogens with one attached hydrogen (secondary N) is 1. The lowest BCUT2D eigenvalue weighted by Gasteiger charge is -2.13. The zero-order chi connectivity index (χ0) is 20.6.